The van der Waals surface area contributed by atoms with E-state index in [4.69, 9.17) is 14.2 Å². The number of hydrazone groups is 1. The number of amides is 1. The second-order valence-corrected chi connectivity index (χ2v) is 5.00. The van der Waals surface area contributed by atoms with Gasteiger partial charge in [-0.05, 0) is 49.7 Å². The van der Waals surface area contributed by atoms with Crippen LogP contribution in [0, 0.1) is 0 Å². The van der Waals surface area contributed by atoms with Crippen LogP contribution in [-0.2, 0) is 0 Å². The maximum absolute atomic E-state index is 12.2. The van der Waals surface area contributed by atoms with Crippen LogP contribution in [0.15, 0.2) is 47.6 Å². The molecule has 0 saturated heterocycles. The Morgan fingerprint density at radius 1 is 1.08 bits per heavy atom. The van der Waals surface area contributed by atoms with Gasteiger partial charge in [0.05, 0.1) is 26.5 Å². The first-order valence-corrected chi connectivity index (χ1v) is 8.05. The Labute approximate surface area is 147 Å². The summed E-state index contributed by atoms with van der Waals surface area (Å²) in [4.78, 5) is 12.2. The predicted octanol–water partition coefficient (Wildman–Crippen LogP) is 3.26. The molecule has 0 aliphatic rings. The van der Waals surface area contributed by atoms with E-state index in [0.717, 1.165) is 11.3 Å². The largest absolute Gasteiger partial charge is 0.497 e. The Hall–Kier alpha value is -3.02. The van der Waals surface area contributed by atoms with Gasteiger partial charge in [0.15, 0.2) is 11.5 Å². The van der Waals surface area contributed by atoms with E-state index in [-0.39, 0.29) is 5.91 Å². The minimum Gasteiger partial charge on any atom is -0.497 e. The summed E-state index contributed by atoms with van der Waals surface area (Å²) in [6, 6.07) is 12.4. The molecule has 132 valence electrons. The highest BCUT2D eigenvalue weighted by atomic mass is 16.5. The van der Waals surface area contributed by atoms with Crippen molar-refractivity contribution in [1.82, 2.24) is 5.43 Å². The summed E-state index contributed by atoms with van der Waals surface area (Å²) in [5.41, 5.74) is 3.76. The fraction of sp³-hybridized carbons (Fsp3) is 0.263. The Balaban J connectivity index is 2.06. The van der Waals surface area contributed by atoms with Crippen LogP contribution in [0.5, 0.6) is 17.2 Å². The van der Waals surface area contributed by atoms with E-state index in [2.05, 4.69) is 10.5 Å². The fourth-order valence-electron chi connectivity index (χ4n) is 2.14. The molecule has 0 unspecified atom stereocenters. The Morgan fingerprint density at radius 3 is 2.56 bits per heavy atom. The van der Waals surface area contributed by atoms with Crippen molar-refractivity contribution in [3.05, 3.63) is 53.6 Å². The number of rotatable bonds is 8. The van der Waals surface area contributed by atoms with E-state index < -0.39 is 0 Å². The molecule has 0 aliphatic heterocycles. The van der Waals surface area contributed by atoms with Crippen molar-refractivity contribution in [3.8, 4) is 17.2 Å². The van der Waals surface area contributed by atoms with Gasteiger partial charge in [0, 0.05) is 5.56 Å². The van der Waals surface area contributed by atoms with Crippen molar-refractivity contribution >= 4 is 12.1 Å². The molecule has 2 rings (SSSR count). The van der Waals surface area contributed by atoms with Gasteiger partial charge < -0.3 is 14.2 Å². The number of ether oxygens (including phenoxy) is 3. The van der Waals surface area contributed by atoms with E-state index in [0.29, 0.717) is 30.3 Å². The summed E-state index contributed by atoms with van der Waals surface area (Å²) in [5, 5.41) is 3.98. The van der Waals surface area contributed by atoms with Crippen molar-refractivity contribution in [2.45, 2.75) is 13.8 Å². The zero-order valence-electron chi connectivity index (χ0n) is 14.6. The van der Waals surface area contributed by atoms with Crippen LogP contribution in [-0.4, -0.2) is 32.4 Å². The fourth-order valence-corrected chi connectivity index (χ4v) is 2.14. The molecule has 0 heterocycles. The molecule has 6 nitrogen and oxygen atoms in total. The molecule has 0 fully saturated rings. The van der Waals surface area contributed by atoms with E-state index >= 15 is 0 Å². The van der Waals surface area contributed by atoms with Crippen LogP contribution in [0.2, 0.25) is 0 Å². The first-order valence-electron chi connectivity index (χ1n) is 8.05. The smallest absolute Gasteiger partial charge is 0.271 e. The zero-order chi connectivity index (χ0) is 18.1. The highest BCUT2D eigenvalue weighted by Crippen LogP contribution is 2.28. The normalized spacial score (nSPS) is 10.5. The van der Waals surface area contributed by atoms with E-state index in [1.165, 1.54) is 0 Å². The number of carbonyl (C=O) groups is 1. The highest BCUT2D eigenvalue weighted by molar-refractivity contribution is 5.95. The number of carbonyl (C=O) groups excluding carboxylic acids is 1. The van der Waals surface area contributed by atoms with Gasteiger partial charge in [-0.2, -0.15) is 5.10 Å². The van der Waals surface area contributed by atoms with Crippen LogP contribution >= 0.6 is 0 Å². The maximum atomic E-state index is 12.2. The minimum absolute atomic E-state index is 0.330. The molecule has 2 aromatic carbocycles. The third kappa shape index (κ3) is 5.24. The van der Waals surface area contributed by atoms with Crippen LogP contribution in [0.25, 0.3) is 0 Å². The van der Waals surface area contributed by atoms with Crippen molar-refractivity contribution in [1.29, 1.82) is 0 Å². The zero-order valence-corrected chi connectivity index (χ0v) is 14.6. The molecule has 0 aliphatic carbocycles. The summed E-state index contributed by atoms with van der Waals surface area (Å²) in [5.74, 6) is 1.54. The number of nitrogens with zero attached hydrogens (tertiary/aromatic N) is 1. The number of nitrogens with one attached hydrogen (secondary N) is 1. The molecule has 6 heteroatoms. The third-order valence-corrected chi connectivity index (χ3v) is 3.28. The monoisotopic (exact) mass is 342 g/mol. The van der Waals surface area contributed by atoms with Gasteiger partial charge in [0.1, 0.15) is 5.75 Å². The van der Waals surface area contributed by atoms with Crippen molar-refractivity contribution in [2.75, 3.05) is 20.3 Å². The molecular weight excluding hydrogens is 320 g/mol. The Morgan fingerprint density at radius 2 is 1.84 bits per heavy atom. The molecule has 0 aromatic heterocycles. The standard InChI is InChI=1S/C19H22N2O4/c1-4-24-17-10-9-15(12-18(17)25-5-2)19(22)21-20-13-14-7-6-8-16(11-14)23-3/h6-13H,4-5H2,1-3H3,(H,21,22)/b20-13+. The maximum Gasteiger partial charge on any atom is 0.271 e. The SMILES string of the molecule is CCOc1ccc(C(=O)N/N=C/c2cccc(OC)c2)cc1OCC. The van der Waals surface area contributed by atoms with Gasteiger partial charge in [-0.15, -0.1) is 0 Å². The molecule has 25 heavy (non-hydrogen) atoms. The Kier molecular flexibility index (Phi) is 6.83. The summed E-state index contributed by atoms with van der Waals surface area (Å²) in [6.07, 6.45) is 1.55. The van der Waals surface area contributed by atoms with Crippen LogP contribution in [0.1, 0.15) is 29.8 Å². The van der Waals surface area contributed by atoms with Gasteiger partial charge in [0.2, 0.25) is 0 Å². The lowest BCUT2D eigenvalue weighted by molar-refractivity contribution is 0.0954. The molecular formula is C19H22N2O4. The van der Waals surface area contributed by atoms with Crippen LogP contribution in [0.4, 0.5) is 0 Å². The molecule has 0 bridgehead atoms. The van der Waals surface area contributed by atoms with Crippen LogP contribution < -0.4 is 19.6 Å². The minimum atomic E-state index is -0.330. The van der Waals surface area contributed by atoms with Crippen molar-refractivity contribution in [2.24, 2.45) is 5.10 Å². The number of hydrogen-bond donors (Lipinski definition) is 1. The van der Waals surface area contributed by atoms with Gasteiger partial charge in [-0.1, -0.05) is 12.1 Å². The lowest BCUT2D eigenvalue weighted by Crippen LogP contribution is -2.17. The lowest BCUT2D eigenvalue weighted by Gasteiger charge is -2.11. The summed E-state index contributed by atoms with van der Waals surface area (Å²) < 4.78 is 16.2. The number of methoxy groups -OCH3 is 1. The molecule has 2 aromatic rings. The molecule has 0 radical (unpaired) electrons. The topological polar surface area (TPSA) is 69.2 Å². The number of hydrogen-bond acceptors (Lipinski definition) is 5. The van der Waals surface area contributed by atoms with E-state index in [1.54, 1.807) is 31.5 Å². The molecule has 1 N–H and O–H groups in total. The Bertz CT molecular complexity index is 744. The molecule has 0 spiro atoms. The average molecular weight is 342 g/mol. The molecule has 0 saturated carbocycles. The second-order valence-electron chi connectivity index (χ2n) is 5.00. The molecule has 1 amide bonds. The third-order valence-electron chi connectivity index (χ3n) is 3.28. The lowest BCUT2D eigenvalue weighted by atomic mass is 10.2. The molecule has 0 atom stereocenters. The van der Waals surface area contributed by atoms with Gasteiger partial charge in [-0.3, -0.25) is 4.79 Å². The van der Waals surface area contributed by atoms with Crippen molar-refractivity contribution in [3.63, 3.8) is 0 Å². The second kappa shape index (κ2) is 9.32. The first-order chi connectivity index (χ1) is 12.2. The predicted molar refractivity (Wildman–Crippen MR) is 96.8 cm³/mol. The highest BCUT2D eigenvalue weighted by Gasteiger charge is 2.11. The summed E-state index contributed by atoms with van der Waals surface area (Å²) in [7, 11) is 1.60. The van der Waals surface area contributed by atoms with Crippen LogP contribution in [0.3, 0.4) is 0 Å². The summed E-state index contributed by atoms with van der Waals surface area (Å²) in [6.45, 7) is 4.78. The summed E-state index contributed by atoms with van der Waals surface area (Å²) >= 11 is 0. The number of benzene rings is 2. The van der Waals surface area contributed by atoms with Gasteiger partial charge in [-0.25, -0.2) is 5.43 Å². The van der Waals surface area contributed by atoms with E-state index in [1.807, 2.05) is 38.1 Å². The average Bonchev–Trinajstić information content (AvgIpc) is 2.63. The first kappa shape index (κ1) is 18.3. The van der Waals surface area contributed by atoms with E-state index in [9.17, 15) is 4.79 Å². The van der Waals surface area contributed by atoms with Gasteiger partial charge >= 0.3 is 0 Å². The van der Waals surface area contributed by atoms with Crippen molar-refractivity contribution < 1.29 is 19.0 Å². The van der Waals surface area contributed by atoms with Gasteiger partial charge in [0.25, 0.3) is 5.91 Å². The quantitative estimate of drug-likeness (QED) is 0.590.